The van der Waals surface area contributed by atoms with Crippen LogP contribution in [0.4, 0.5) is 0 Å². The number of hydrogen-bond acceptors (Lipinski definition) is 3. The Morgan fingerprint density at radius 3 is 3.17 bits per heavy atom. The third-order valence-corrected chi connectivity index (χ3v) is 3.04. The van der Waals surface area contributed by atoms with Crippen LogP contribution in [0.5, 0.6) is 0 Å². The summed E-state index contributed by atoms with van der Waals surface area (Å²) in [6.07, 6.45) is 9.11. The number of carbonyl (C=O) groups is 1. The largest absolute Gasteiger partial charge is 0.376 e. The number of aryl methyl sites for hydroxylation is 1. The van der Waals surface area contributed by atoms with E-state index in [9.17, 15) is 4.79 Å². The molecule has 0 radical (unpaired) electrons. The van der Waals surface area contributed by atoms with Crippen LogP contribution >= 0.6 is 0 Å². The Hall–Kier alpha value is -1.62. The maximum absolute atomic E-state index is 11.7. The van der Waals surface area contributed by atoms with Gasteiger partial charge in [-0.3, -0.25) is 9.48 Å². The molecule has 1 aromatic heterocycles. The summed E-state index contributed by atoms with van der Waals surface area (Å²) in [6, 6.07) is 0.0542. The summed E-state index contributed by atoms with van der Waals surface area (Å²) >= 11 is 0. The summed E-state index contributed by atoms with van der Waals surface area (Å²) in [5.74, 6) is -0.0955. The van der Waals surface area contributed by atoms with E-state index in [0.717, 1.165) is 25.0 Å². The van der Waals surface area contributed by atoms with Crippen LogP contribution in [0.2, 0.25) is 0 Å². The molecule has 0 spiro atoms. The standard InChI is InChI=1S/C13H19N3O2/c1-10(12-4-3-7-18-12)15-13(17)6-5-11-8-14-16(2)9-11/h5-6,8-10,12H,3-4,7H2,1-2H3,(H,15,17). The smallest absolute Gasteiger partial charge is 0.244 e. The van der Waals surface area contributed by atoms with E-state index in [2.05, 4.69) is 10.4 Å². The molecule has 0 aromatic carbocycles. The van der Waals surface area contributed by atoms with Crippen LogP contribution < -0.4 is 5.32 Å². The van der Waals surface area contributed by atoms with Gasteiger partial charge in [0.25, 0.3) is 0 Å². The van der Waals surface area contributed by atoms with Crippen molar-refractivity contribution in [2.24, 2.45) is 7.05 Å². The van der Waals surface area contributed by atoms with Gasteiger partial charge in [0, 0.05) is 31.5 Å². The highest BCUT2D eigenvalue weighted by Gasteiger charge is 2.22. The molecule has 2 heterocycles. The Bertz CT molecular complexity index is 433. The van der Waals surface area contributed by atoms with E-state index in [1.807, 2.05) is 20.2 Å². The van der Waals surface area contributed by atoms with E-state index in [1.54, 1.807) is 17.0 Å². The highest BCUT2D eigenvalue weighted by atomic mass is 16.5. The molecular formula is C13H19N3O2. The molecular weight excluding hydrogens is 230 g/mol. The van der Waals surface area contributed by atoms with Gasteiger partial charge in [-0.15, -0.1) is 0 Å². The fraction of sp³-hybridized carbons (Fsp3) is 0.538. The molecule has 1 saturated heterocycles. The molecule has 0 aliphatic carbocycles. The summed E-state index contributed by atoms with van der Waals surface area (Å²) in [5, 5.41) is 6.95. The lowest BCUT2D eigenvalue weighted by molar-refractivity contribution is -0.117. The summed E-state index contributed by atoms with van der Waals surface area (Å²) in [4.78, 5) is 11.7. The SMILES string of the molecule is CC(NC(=O)C=Cc1cnn(C)c1)C1CCCO1. The van der Waals surface area contributed by atoms with Gasteiger partial charge in [-0.1, -0.05) is 0 Å². The van der Waals surface area contributed by atoms with Crippen LogP contribution in [0.1, 0.15) is 25.3 Å². The van der Waals surface area contributed by atoms with E-state index in [4.69, 9.17) is 4.74 Å². The van der Waals surface area contributed by atoms with E-state index in [1.165, 1.54) is 6.08 Å². The van der Waals surface area contributed by atoms with Gasteiger partial charge in [0.2, 0.25) is 5.91 Å². The molecule has 1 aliphatic heterocycles. The number of rotatable bonds is 4. The number of nitrogens with zero attached hydrogens (tertiary/aromatic N) is 2. The van der Waals surface area contributed by atoms with Crippen LogP contribution in [0.15, 0.2) is 18.5 Å². The van der Waals surface area contributed by atoms with E-state index in [-0.39, 0.29) is 18.1 Å². The maximum Gasteiger partial charge on any atom is 0.244 e. The zero-order chi connectivity index (χ0) is 13.0. The highest BCUT2D eigenvalue weighted by molar-refractivity contribution is 5.91. The number of aromatic nitrogens is 2. The van der Waals surface area contributed by atoms with Crippen molar-refractivity contribution in [1.29, 1.82) is 0 Å². The van der Waals surface area contributed by atoms with E-state index in [0.29, 0.717) is 0 Å². The third-order valence-electron chi connectivity index (χ3n) is 3.04. The van der Waals surface area contributed by atoms with Gasteiger partial charge in [0.05, 0.1) is 18.3 Å². The second-order valence-corrected chi connectivity index (χ2v) is 4.63. The van der Waals surface area contributed by atoms with E-state index < -0.39 is 0 Å². The van der Waals surface area contributed by atoms with Gasteiger partial charge in [0.15, 0.2) is 0 Å². The highest BCUT2D eigenvalue weighted by Crippen LogP contribution is 2.15. The lowest BCUT2D eigenvalue weighted by Gasteiger charge is -2.18. The van der Waals surface area contributed by atoms with Crippen LogP contribution in [-0.2, 0) is 16.6 Å². The van der Waals surface area contributed by atoms with Gasteiger partial charge < -0.3 is 10.1 Å². The van der Waals surface area contributed by atoms with Crippen molar-refractivity contribution in [2.75, 3.05) is 6.61 Å². The molecule has 1 N–H and O–H groups in total. The quantitative estimate of drug-likeness (QED) is 0.813. The maximum atomic E-state index is 11.7. The number of carbonyl (C=O) groups excluding carboxylic acids is 1. The molecule has 0 bridgehead atoms. The van der Waals surface area contributed by atoms with Gasteiger partial charge in [-0.25, -0.2) is 0 Å². The summed E-state index contributed by atoms with van der Waals surface area (Å²) in [6.45, 7) is 2.78. The summed E-state index contributed by atoms with van der Waals surface area (Å²) < 4.78 is 7.23. The molecule has 98 valence electrons. The first-order chi connectivity index (χ1) is 8.65. The van der Waals surface area contributed by atoms with Crippen molar-refractivity contribution in [3.63, 3.8) is 0 Å². The van der Waals surface area contributed by atoms with Crippen molar-refractivity contribution < 1.29 is 9.53 Å². The van der Waals surface area contributed by atoms with Crippen molar-refractivity contribution in [1.82, 2.24) is 15.1 Å². The minimum Gasteiger partial charge on any atom is -0.376 e. The molecule has 1 aliphatic rings. The Morgan fingerprint density at radius 2 is 2.56 bits per heavy atom. The topological polar surface area (TPSA) is 56.2 Å². The molecule has 2 atom stereocenters. The molecule has 5 heteroatoms. The minimum atomic E-state index is -0.0955. The van der Waals surface area contributed by atoms with Gasteiger partial charge in [-0.05, 0) is 25.8 Å². The van der Waals surface area contributed by atoms with Crippen LogP contribution in [0.3, 0.4) is 0 Å². The zero-order valence-corrected chi connectivity index (χ0v) is 10.8. The van der Waals surface area contributed by atoms with Gasteiger partial charge in [0.1, 0.15) is 0 Å². The van der Waals surface area contributed by atoms with Crippen LogP contribution in [0, 0.1) is 0 Å². The Balaban J connectivity index is 1.82. The predicted octanol–water partition coefficient (Wildman–Crippen LogP) is 1.12. The van der Waals surface area contributed by atoms with Crippen molar-refractivity contribution in [3.05, 3.63) is 24.0 Å². The zero-order valence-electron chi connectivity index (χ0n) is 10.8. The van der Waals surface area contributed by atoms with E-state index >= 15 is 0 Å². The summed E-state index contributed by atoms with van der Waals surface area (Å²) in [7, 11) is 1.84. The fourth-order valence-electron chi connectivity index (χ4n) is 2.06. The molecule has 0 saturated carbocycles. The minimum absolute atomic E-state index is 0.0542. The normalized spacial score (nSPS) is 21.3. The first-order valence-electron chi connectivity index (χ1n) is 6.24. The van der Waals surface area contributed by atoms with Gasteiger partial charge >= 0.3 is 0 Å². The number of amides is 1. The van der Waals surface area contributed by atoms with Gasteiger partial charge in [-0.2, -0.15) is 5.10 Å². The van der Waals surface area contributed by atoms with Crippen LogP contribution in [-0.4, -0.2) is 34.4 Å². The monoisotopic (exact) mass is 249 g/mol. The number of hydrogen-bond donors (Lipinski definition) is 1. The lowest BCUT2D eigenvalue weighted by Crippen LogP contribution is -2.39. The molecule has 18 heavy (non-hydrogen) atoms. The number of nitrogens with one attached hydrogen (secondary N) is 1. The molecule has 1 amide bonds. The van der Waals surface area contributed by atoms with Crippen molar-refractivity contribution in [3.8, 4) is 0 Å². The van der Waals surface area contributed by atoms with Crippen molar-refractivity contribution >= 4 is 12.0 Å². The third kappa shape index (κ3) is 3.43. The molecule has 2 unspecified atom stereocenters. The number of ether oxygens (including phenoxy) is 1. The van der Waals surface area contributed by atoms with Crippen LogP contribution in [0.25, 0.3) is 6.08 Å². The molecule has 2 rings (SSSR count). The summed E-state index contributed by atoms with van der Waals surface area (Å²) in [5.41, 5.74) is 0.914. The molecule has 1 fully saturated rings. The second-order valence-electron chi connectivity index (χ2n) is 4.63. The molecule has 1 aromatic rings. The average Bonchev–Trinajstić information content (AvgIpc) is 2.97. The van der Waals surface area contributed by atoms with Crippen molar-refractivity contribution in [2.45, 2.75) is 31.9 Å². The Kier molecular flexibility index (Phi) is 4.15. The predicted molar refractivity (Wildman–Crippen MR) is 68.8 cm³/mol. The Morgan fingerprint density at radius 1 is 1.72 bits per heavy atom. The Labute approximate surface area is 107 Å². The first kappa shape index (κ1) is 12.8. The first-order valence-corrected chi connectivity index (χ1v) is 6.24. The second kappa shape index (κ2) is 5.82. The molecule has 5 nitrogen and oxygen atoms in total. The fourth-order valence-corrected chi connectivity index (χ4v) is 2.06. The average molecular weight is 249 g/mol. The lowest BCUT2D eigenvalue weighted by atomic mass is 10.1.